The number of hydrogen-bond donors (Lipinski definition) is 2. The van der Waals surface area contributed by atoms with Crippen LogP contribution in [-0.4, -0.2) is 13.0 Å². The fourth-order valence-corrected chi connectivity index (χ4v) is 2.41. The van der Waals surface area contributed by atoms with Gasteiger partial charge in [-0.1, -0.05) is 13.8 Å². The molecule has 1 aromatic carbocycles. The Bertz CT molecular complexity index is 526. The summed E-state index contributed by atoms with van der Waals surface area (Å²) in [6.45, 7) is 4.04. The number of anilines is 2. The smallest absolute Gasteiger partial charge is 0.225 e. The number of rotatable bonds is 1. The first-order valence-electron chi connectivity index (χ1n) is 5.55. The second-order valence-corrected chi connectivity index (χ2v) is 4.88. The third-order valence-corrected chi connectivity index (χ3v) is 3.14. The van der Waals surface area contributed by atoms with Crippen LogP contribution < -0.4 is 10.6 Å². The molecule has 4 heteroatoms. The molecule has 1 aliphatic rings. The second kappa shape index (κ2) is 3.77. The fourth-order valence-electron chi connectivity index (χ4n) is 2.41. The van der Waals surface area contributed by atoms with Gasteiger partial charge < -0.3 is 10.6 Å². The van der Waals surface area contributed by atoms with Crippen molar-refractivity contribution in [2.24, 2.45) is 0 Å². The number of carbonyl (C=O) groups excluding carboxylic acids is 1. The molecule has 1 aromatic rings. The van der Waals surface area contributed by atoms with Crippen molar-refractivity contribution in [2.75, 3.05) is 17.7 Å². The van der Waals surface area contributed by atoms with Crippen molar-refractivity contribution in [3.05, 3.63) is 23.3 Å². The summed E-state index contributed by atoms with van der Waals surface area (Å²) in [6.07, 6.45) is 0.434. The van der Waals surface area contributed by atoms with Crippen LogP contribution in [0.2, 0.25) is 0 Å². The molecule has 1 aliphatic heterocycles. The highest BCUT2D eigenvalue weighted by molar-refractivity contribution is 5.98. The Morgan fingerprint density at radius 1 is 1.47 bits per heavy atom. The monoisotopic (exact) mass is 229 g/mol. The highest BCUT2D eigenvalue weighted by atomic mass is 16.1. The van der Waals surface area contributed by atoms with Crippen molar-refractivity contribution < 1.29 is 4.79 Å². The number of carbonyl (C=O) groups is 1. The number of amides is 1. The number of nitriles is 1. The molecule has 1 amide bonds. The van der Waals surface area contributed by atoms with Crippen molar-refractivity contribution in [3.63, 3.8) is 0 Å². The fraction of sp³-hybridized carbons (Fsp3) is 0.385. The lowest BCUT2D eigenvalue weighted by Crippen LogP contribution is -2.33. The summed E-state index contributed by atoms with van der Waals surface area (Å²) in [5.74, 6) is -0.0350. The van der Waals surface area contributed by atoms with E-state index in [1.165, 1.54) is 0 Å². The van der Waals surface area contributed by atoms with E-state index in [0.717, 1.165) is 11.3 Å². The van der Waals surface area contributed by atoms with Crippen molar-refractivity contribution in [2.45, 2.75) is 25.7 Å². The molecule has 0 fully saturated rings. The highest BCUT2D eigenvalue weighted by Gasteiger charge is 2.35. The summed E-state index contributed by atoms with van der Waals surface area (Å²) in [4.78, 5) is 11.7. The van der Waals surface area contributed by atoms with E-state index in [0.29, 0.717) is 17.7 Å². The van der Waals surface area contributed by atoms with E-state index in [4.69, 9.17) is 5.26 Å². The topological polar surface area (TPSA) is 64.9 Å². The van der Waals surface area contributed by atoms with Crippen LogP contribution in [0.3, 0.4) is 0 Å². The summed E-state index contributed by atoms with van der Waals surface area (Å²) >= 11 is 0. The van der Waals surface area contributed by atoms with E-state index in [-0.39, 0.29) is 11.3 Å². The van der Waals surface area contributed by atoms with E-state index >= 15 is 0 Å². The zero-order valence-electron chi connectivity index (χ0n) is 10.2. The largest absolute Gasteiger partial charge is 0.388 e. The predicted octanol–water partition coefficient (Wildman–Crippen LogP) is 2.22. The molecule has 0 saturated carbocycles. The Kier molecular flexibility index (Phi) is 2.55. The Morgan fingerprint density at radius 3 is 2.76 bits per heavy atom. The molecule has 2 N–H and O–H groups in total. The molecular weight excluding hydrogens is 214 g/mol. The Hall–Kier alpha value is -2.02. The van der Waals surface area contributed by atoms with Gasteiger partial charge in [0.2, 0.25) is 5.91 Å². The van der Waals surface area contributed by atoms with Gasteiger partial charge >= 0.3 is 0 Å². The Morgan fingerprint density at radius 2 is 2.18 bits per heavy atom. The molecule has 0 saturated heterocycles. The first-order valence-corrected chi connectivity index (χ1v) is 5.55. The van der Waals surface area contributed by atoms with Crippen molar-refractivity contribution in [3.8, 4) is 6.07 Å². The van der Waals surface area contributed by atoms with Gasteiger partial charge in [0, 0.05) is 30.1 Å². The van der Waals surface area contributed by atoms with E-state index < -0.39 is 0 Å². The third-order valence-electron chi connectivity index (χ3n) is 3.14. The molecule has 2 rings (SSSR count). The molecule has 0 unspecified atom stereocenters. The molecule has 1 heterocycles. The summed E-state index contributed by atoms with van der Waals surface area (Å²) in [7, 11) is 1.84. The normalized spacial score (nSPS) is 16.7. The van der Waals surface area contributed by atoms with Crippen molar-refractivity contribution >= 4 is 17.3 Å². The molecule has 0 atom stereocenters. The SMILES string of the molecule is CNc1ccc(C#N)c2c1C(C)(C)CC(=O)N2. The third kappa shape index (κ3) is 1.74. The standard InChI is InChI=1S/C13H15N3O/c1-13(2)6-10(17)16-12-8(7-14)4-5-9(15-3)11(12)13/h4-5,15H,6H2,1-3H3,(H,16,17). The van der Waals surface area contributed by atoms with Gasteiger partial charge in [-0.05, 0) is 12.1 Å². The van der Waals surface area contributed by atoms with E-state index in [2.05, 4.69) is 16.7 Å². The van der Waals surface area contributed by atoms with E-state index in [1.54, 1.807) is 6.07 Å². The maximum Gasteiger partial charge on any atom is 0.225 e. The Balaban J connectivity index is 2.75. The average Bonchev–Trinajstić information content (AvgIpc) is 2.26. The van der Waals surface area contributed by atoms with Gasteiger partial charge in [-0.15, -0.1) is 0 Å². The quantitative estimate of drug-likeness (QED) is 0.776. The summed E-state index contributed by atoms with van der Waals surface area (Å²) < 4.78 is 0. The number of nitrogens with zero attached hydrogens (tertiary/aromatic N) is 1. The molecule has 4 nitrogen and oxygen atoms in total. The number of hydrogen-bond acceptors (Lipinski definition) is 3. The van der Waals surface area contributed by atoms with Gasteiger partial charge in [0.1, 0.15) is 6.07 Å². The van der Waals surface area contributed by atoms with Gasteiger partial charge in [0.05, 0.1) is 11.3 Å². The maximum absolute atomic E-state index is 11.7. The van der Waals surface area contributed by atoms with E-state index in [9.17, 15) is 4.79 Å². The van der Waals surface area contributed by atoms with Crippen LogP contribution in [0.5, 0.6) is 0 Å². The minimum absolute atomic E-state index is 0.0350. The average molecular weight is 229 g/mol. The number of nitrogens with one attached hydrogen (secondary N) is 2. The second-order valence-electron chi connectivity index (χ2n) is 4.88. The van der Waals surface area contributed by atoms with Gasteiger partial charge in [0.15, 0.2) is 0 Å². The zero-order valence-corrected chi connectivity index (χ0v) is 10.2. The minimum Gasteiger partial charge on any atom is -0.388 e. The van der Waals surface area contributed by atoms with Crippen LogP contribution in [0, 0.1) is 11.3 Å². The van der Waals surface area contributed by atoms with Crippen LogP contribution >= 0.6 is 0 Å². The molecule has 0 bridgehead atoms. The van der Waals surface area contributed by atoms with Gasteiger partial charge in [-0.3, -0.25) is 4.79 Å². The van der Waals surface area contributed by atoms with Crippen LogP contribution in [-0.2, 0) is 10.2 Å². The number of benzene rings is 1. The maximum atomic E-state index is 11.7. The molecule has 0 aliphatic carbocycles. The van der Waals surface area contributed by atoms with Gasteiger partial charge in [-0.2, -0.15) is 5.26 Å². The Labute approximate surface area is 101 Å². The predicted molar refractivity (Wildman–Crippen MR) is 67.0 cm³/mol. The highest BCUT2D eigenvalue weighted by Crippen LogP contribution is 2.43. The summed E-state index contributed by atoms with van der Waals surface area (Å²) in [6, 6.07) is 5.74. The molecule has 0 spiro atoms. The van der Waals surface area contributed by atoms with Crippen molar-refractivity contribution in [1.82, 2.24) is 0 Å². The van der Waals surface area contributed by atoms with Crippen LogP contribution in [0.4, 0.5) is 11.4 Å². The molecule has 17 heavy (non-hydrogen) atoms. The molecule has 88 valence electrons. The lowest BCUT2D eigenvalue weighted by Gasteiger charge is -2.34. The summed E-state index contributed by atoms with van der Waals surface area (Å²) in [5, 5.41) is 15.0. The summed E-state index contributed by atoms with van der Waals surface area (Å²) in [5.41, 5.74) is 2.88. The van der Waals surface area contributed by atoms with Crippen LogP contribution in [0.15, 0.2) is 12.1 Å². The minimum atomic E-state index is -0.261. The number of fused-ring (bicyclic) bond motifs is 1. The first-order chi connectivity index (χ1) is 7.99. The zero-order chi connectivity index (χ0) is 12.6. The van der Waals surface area contributed by atoms with E-state index in [1.807, 2.05) is 27.0 Å². The first kappa shape index (κ1) is 11.5. The van der Waals surface area contributed by atoms with Gasteiger partial charge in [-0.25, -0.2) is 0 Å². The molecular formula is C13H15N3O. The van der Waals surface area contributed by atoms with Gasteiger partial charge in [0.25, 0.3) is 0 Å². The lowest BCUT2D eigenvalue weighted by atomic mass is 9.76. The van der Waals surface area contributed by atoms with Crippen molar-refractivity contribution in [1.29, 1.82) is 5.26 Å². The van der Waals surface area contributed by atoms with Crippen LogP contribution in [0.1, 0.15) is 31.4 Å². The molecule has 0 aromatic heterocycles. The van der Waals surface area contributed by atoms with Crippen LogP contribution in [0.25, 0.3) is 0 Å². The lowest BCUT2D eigenvalue weighted by molar-refractivity contribution is -0.117. The molecule has 0 radical (unpaired) electrons.